The maximum atomic E-state index is 11.8. The summed E-state index contributed by atoms with van der Waals surface area (Å²) in [6.07, 6.45) is 2.51. The fourth-order valence-electron chi connectivity index (χ4n) is 2.20. The van der Waals surface area contributed by atoms with Crippen molar-refractivity contribution in [3.63, 3.8) is 0 Å². The van der Waals surface area contributed by atoms with Crippen molar-refractivity contribution in [3.05, 3.63) is 22.4 Å². The summed E-state index contributed by atoms with van der Waals surface area (Å²) >= 11 is 1.69. The molecule has 1 saturated heterocycles. The molecule has 3 nitrogen and oxygen atoms in total. The number of carbonyl (C=O) groups is 1. The molecule has 0 bridgehead atoms. The molecule has 1 aromatic rings. The van der Waals surface area contributed by atoms with Crippen LogP contribution in [-0.2, 0) is 11.2 Å². The first kappa shape index (κ1) is 15.5. The highest BCUT2D eigenvalue weighted by atomic mass is 35.5. The van der Waals surface area contributed by atoms with E-state index in [0.717, 1.165) is 25.9 Å². The molecule has 18 heavy (non-hydrogen) atoms. The molecule has 2 unspecified atom stereocenters. The van der Waals surface area contributed by atoms with Gasteiger partial charge in [0.2, 0.25) is 5.91 Å². The Hall–Kier alpha value is -0.580. The highest BCUT2D eigenvalue weighted by molar-refractivity contribution is 7.07. The molecular weight excluding hydrogens is 268 g/mol. The van der Waals surface area contributed by atoms with Crippen LogP contribution in [0.15, 0.2) is 16.8 Å². The van der Waals surface area contributed by atoms with Gasteiger partial charge >= 0.3 is 0 Å². The minimum Gasteiger partial charge on any atom is -0.353 e. The monoisotopic (exact) mass is 288 g/mol. The molecule has 0 radical (unpaired) electrons. The van der Waals surface area contributed by atoms with E-state index in [1.54, 1.807) is 11.3 Å². The van der Waals surface area contributed by atoms with E-state index in [0.29, 0.717) is 18.4 Å². The summed E-state index contributed by atoms with van der Waals surface area (Å²) in [6.45, 7) is 4.21. The maximum Gasteiger partial charge on any atom is 0.220 e. The van der Waals surface area contributed by atoms with Gasteiger partial charge in [-0.15, -0.1) is 12.4 Å². The number of nitrogens with one attached hydrogen (secondary N) is 2. The first-order valence-electron chi connectivity index (χ1n) is 6.27. The Morgan fingerprint density at radius 2 is 2.44 bits per heavy atom. The zero-order valence-corrected chi connectivity index (χ0v) is 12.3. The van der Waals surface area contributed by atoms with Gasteiger partial charge in [-0.25, -0.2) is 0 Å². The topological polar surface area (TPSA) is 41.1 Å². The third kappa shape index (κ3) is 4.59. The molecular formula is C13H21ClN2OS. The molecule has 0 aliphatic carbocycles. The Labute approximate surface area is 119 Å². The fourth-order valence-corrected chi connectivity index (χ4v) is 2.90. The number of carbonyl (C=O) groups excluding carboxylic acids is 1. The minimum atomic E-state index is 0. The zero-order chi connectivity index (χ0) is 12.1. The van der Waals surface area contributed by atoms with E-state index in [4.69, 9.17) is 0 Å². The number of rotatable bonds is 4. The van der Waals surface area contributed by atoms with Crippen LogP contribution in [0.2, 0.25) is 0 Å². The van der Waals surface area contributed by atoms with Crippen molar-refractivity contribution in [2.45, 2.75) is 32.2 Å². The zero-order valence-electron chi connectivity index (χ0n) is 10.6. The number of amides is 1. The van der Waals surface area contributed by atoms with Crippen molar-refractivity contribution in [1.82, 2.24) is 10.6 Å². The summed E-state index contributed by atoms with van der Waals surface area (Å²) in [5.74, 6) is 0.726. The van der Waals surface area contributed by atoms with Gasteiger partial charge in [0.25, 0.3) is 0 Å². The highest BCUT2D eigenvalue weighted by Gasteiger charge is 2.22. The van der Waals surface area contributed by atoms with Gasteiger partial charge in [-0.1, -0.05) is 6.92 Å². The van der Waals surface area contributed by atoms with E-state index in [1.807, 2.05) is 0 Å². The van der Waals surface area contributed by atoms with Crippen LogP contribution in [0.4, 0.5) is 0 Å². The molecule has 102 valence electrons. The van der Waals surface area contributed by atoms with Crippen LogP contribution in [0.1, 0.15) is 25.3 Å². The smallest absolute Gasteiger partial charge is 0.220 e. The lowest BCUT2D eigenvalue weighted by Crippen LogP contribution is -2.48. The molecule has 0 spiro atoms. The molecule has 1 aliphatic heterocycles. The number of thiophene rings is 1. The predicted octanol–water partition coefficient (Wildman–Crippen LogP) is 2.22. The second kappa shape index (κ2) is 7.77. The molecule has 2 atom stereocenters. The second-order valence-corrected chi connectivity index (χ2v) is 5.56. The third-order valence-electron chi connectivity index (χ3n) is 3.35. The Kier molecular flexibility index (Phi) is 6.68. The third-order valence-corrected chi connectivity index (χ3v) is 4.08. The summed E-state index contributed by atoms with van der Waals surface area (Å²) in [5.41, 5.74) is 1.27. The quantitative estimate of drug-likeness (QED) is 0.892. The summed E-state index contributed by atoms with van der Waals surface area (Å²) in [5, 5.41) is 10.7. The van der Waals surface area contributed by atoms with E-state index in [-0.39, 0.29) is 18.3 Å². The van der Waals surface area contributed by atoms with Gasteiger partial charge < -0.3 is 10.6 Å². The van der Waals surface area contributed by atoms with Crippen molar-refractivity contribution < 1.29 is 4.79 Å². The van der Waals surface area contributed by atoms with Crippen molar-refractivity contribution in [2.75, 3.05) is 13.1 Å². The largest absolute Gasteiger partial charge is 0.353 e. The summed E-state index contributed by atoms with van der Waals surface area (Å²) in [7, 11) is 0. The molecule has 1 aliphatic rings. The lowest BCUT2D eigenvalue weighted by Gasteiger charge is -2.30. The number of hydrogen-bond donors (Lipinski definition) is 2. The summed E-state index contributed by atoms with van der Waals surface area (Å²) in [6, 6.07) is 2.44. The van der Waals surface area contributed by atoms with E-state index >= 15 is 0 Å². The van der Waals surface area contributed by atoms with E-state index in [9.17, 15) is 4.79 Å². The molecule has 5 heteroatoms. The van der Waals surface area contributed by atoms with Crippen LogP contribution in [0.3, 0.4) is 0 Å². The lowest BCUT2D eigenvalue weighted by atomic mass is 9.95. The lowest BCUT2D eigenvalue weighted by molar-refractivity contribution is -0.122. The van der Waals surface area contributed by atoms with Crippen molar-refractivity contribution >= 4 is 29.7 Å². The highest BCUT2D eigenvalue weighted by Crippen LogP contribution is 2.12. The van der Waals surface area contributed by atoms with Crippen LogP contribution in [0, 0.1) is 5.92 Å². The van der Waals surface area contributed by atoms with Crippen LogP contribution in [0.5, 0.6) is 0 Å². The van der Waals surface area contributed by atoms with Crippen molar-refractivity contribution in [1.29, 1.82) is 0 Å². The first-order chi connectivity index (χ1) is 8.25. The Morgan fingerprint density at radius 3 is 3.11 bits per heavy atom. The van der Waals surface area contributed by atoms with E-state index < -0.39 is 0 Å². The van der Waals surface area contributed by atoms with Crippen LogP contribution in [0.25, 0.3) is 0 Å². The average molecular weight is 289 g/mol. The Bertz CT molecular complexity index is 356. The van der Waals surface area contributed by atoms with E-state index in [1.165, 1.54) is 5.56 Å². The normalized spacial score (nSPS) is 23.2. The molecule has 1 amide bonds. The molecule has 0 saturated carbocycles. The summed E-state index contributed by atoms with van der Waals surface area (Å²) in [4.78, 5) is 11.8. The van der Waals surface area contributed by atoms with Gasteiger partial charge in [-0.2, -0.15) is 11.3 Å². The van der Waals surface area contributed by atoms with E-state index in [2.05, 4.69) is 34.4 Å². The molecule has 2 rings (SSSR count). The number of aryl methyl sites for hydroxylation is 1. The van der Waals surface area contributed by atoms with Crippen LogP contribution >= 0.6 is 23.7 Å². The maximum absolute atomic E-state index is 11.8. The minimum absolute atomic E-state index is 0. The molecule has 1 aromatic heterocycles. The molecule has 1 fully saturated rings. The van der Waals surface area contributed by atoms with Gasteiger partial charge in [-0.05, 0) is 54.2 Å². The van der Waals surface area contributed by atoms with Crippen molar-refractivity contribution in [2.24, 2.45) is 5.92 Å². The van der Waals surface area contributed by atoms with Crippen LogP contribution < -0.4 is 10.6 Å². The molecule has 2 N–H and O–H groups in total. The van der Waals surface area contributed by atoms with Gasteiger partial charge in [-0.3, -0.25) is 4.79 Å². The first-order valence-corrected chi connectivity index (χ1v) is 7.21. The fraction of sp³-hybridized carbons (Fsp3) is 0.615. The average Bonchev–Trinajstić information content (AvgIpc) is 2.82. The molecule has 0 aromatic carbocycles. The summed E-state index contributed by atoms with van der Waals surface area (Å²) < 4.78 is 0. The second-order valence-electron chi connectivity index (χ2n) is 4.78. The van der Waals surface area contributed by atoms with Gasteiger partial charge in [0, 0.05) is 12.5 Å². The Balaban J connectivity index is 0.00000162. The van der Waals surface area contributed by atoms with Gasteiger partial charge in [0.05, 0.1) is 0 Å². The SMILES string of the molecule is CC1CNCCC1NC(=O)CCc1ccsc1.Cl. The van der Waals surface area contributed by atoms with Gasteiger partial charge in [0.15, 0.2) is 0 Å². The van der Waals surface area contributed by atoms with Crippen LogP contribution in [-0.4, -0.2) is 25.0 Å². The van der Waals surface area contributed by atoms with Gasteiger partial charge in [0.1, 0.15) is 0 Å². The van der Waals surface area contributed by atoms with Crippen molar-refractivity contribution in [3.8, 4) is 0 Å². The standard InChI is InChI=1S/C13H20N2OS.ClH/c1-10-8-14-6-4-12(10)15-13(16)3-2-11-5-7-17-9-11;/h5,7,9-10,12,14H,2-4,6,8H2,1H3,(H,15,16);1H. The number of hydrogen-bond acceptors (Lipinski definition) is 3. The molecule has 2 heterocycles. The number of piperidine rings is 1. The predicted molar refractivity (Wildman–Crippen MR) is 78.5 cm³/mol. The Morgan fingerprint density at radius 1 is 1.61 bits per heavy atom. The number of halogens is 1.